The normalized spacial score (nSPS) is 16.1. The van der Waals surface area contributed by atoms with Gasteiger partial charge in [-0.05, 0) is 13.0 Å². The number of amides is 1. The Bertz CT molecular complexity index is 735. The molecule has 1 aromatic heterocycles. The predicted molar refractivity (Wildman–Crippen MR) is 81.5 cm³/mol. The summed E-state index contributed by atoms with van der Waals surface area (Å²) in [5.41, 5.74) is 0.00775. The summed E-state index contributed by atoms with van der Waals surface area (Å²) in [6.07, 6.45) is 0. The molecule has 0 radical (unpaired) electrons. The maximum Gasteiger partial charge on any atom is 0.275 e. The summed E-state index contributed by atoms with van der Waals surface area (Å²) in [5.74, 6) is -0.163. The lowest BCUT2D eigenvalue weighted by Gasteiger charge is -2.33. The molecule has 0 bridgehead atoms. The van der Waals surface area contributed by atoms with Gasteiger partial charge >= 0.3 is 0 Å². The Morgan fingerprint density at radius 2 is 1.91 bits per heavy atom. The van der Waals surface area contributed by atoms with Gasteiger partial charge < -0.3 is 4.90 Å². The van der Waals surface area contributed by atoms with Crippen LogP contribution in [0, 0.1) is 0 Å². The highest BCUT2D eigenvalue weighted by Gasteiger charge is 2.25. The number of carbonyl (C=O) groups is 1. The SMILES string of the molecule is CCON1CCN(C(=O)c2n[nH]c(=O)c3ccccc23)CC1. The van der Waals surface area contributed by atoms with Gasteiger partial charge in [-0.3, -0.25) is 14.4 Å². The lowest BCUT2D eigenvalue weighted by atomic mass is 10.1. The molecular formula is C15H18N4O3. The second-order valence-corrected chi connectivity index (χ2v) is 5.09. The topological polar surface area (TPSA) is 78.5 Å². The number of piperazine rings is 1. The summed E-state index contributed by atoms with van der Waals surface area (Å²) in [7, 11) is 0. The van der Waals surface area contributed by atoms with Gasteiger partial charge in [0.05, 0.1) is 12.0 Å². The van der Waals surface area contributed by atoms with Crippen LogP contribution in [0.4, 0.5) is 0 Å². The number of rotatable bonds is 3. The second kappa shape index (κ2) is 6.25. The van der Waals surface area contributed by atoms with Crippen molar-refractivity contribution in [1.82, 2.24) is 20.2 Å². The summed E-state index contributed by atoms with van der Waals surface area (Å²) >= 11 is 0. The van der Waals surface area contributed by atoms with Crippen molar-refractivity contribution in [2.45, 2.75) is 6.92 Å². The smallest absolute Gasteiger partial charge is 0.275 e. The average Bonchev–Trinajstić information content (AvgIpc) is 2.56. The zero-order valence-corrected chi connectivity index (χ0v) is 12.4. The number of aromatic amines is 1. The molecule has 1 fully saturated rings. The lowest BCUT2D eigenvalue weighted by molar-refractivity contribution is -0.169. The first-order valence-corrected chi connectivity index (χ1v) is 7.35. The van der Waals surface area contributed by atoms with E-state index in [4.69, 9.17) is 4.84 Å². The Labute approximate surface area is 127 Å². The van der Waals surface area contributed by atoms with Crippen LogP contribution in [0.15, 0.2) is 29.1 Å². The van der Waals surface area contributed by atoms with Crippen LogP contribution in [-0.4, -0.2) is 58.9 Å². The van der Waals surface area contributed by atoms with E-state index in [2.05, 4.69) is 10.2 Å². The number of H-pyrrole nitrogens is 1. The molecule has 1 aliphatic rings. The van der Waals surface area contributed by atoms with Crippen molar-refractivity contribution in [2.75, 3.05) is 32.8 Å². The fourth-order valence-corrected chi connectivity index (χ4v) is 2.63. The summed E-state index contributed by atoms with van der Waals surface area (Å²) in [5, 5.41) is 9.30. The Balaban J connectivity index is 1.85. The van der Waals surface area contributed by atoms with Gasteiger partial charge in [-0.2, -0.15) is 10.2 Å². The molecule has 116 valence electrons. The quantitative estimate of drug-likeness (QED) is 0.900. The van der Waals surface area contributed by atoms with Crippen molar-refractivity contribution in [3.8, 4) is 0 Å². The first-order valence-electron chi connectivity index (χ1n) is 7.35. The van der Waals surface area contributed by atoms with Crippen molar-refractivity contribution in [3.63, 3.8) is 0 Å². The molecule has 0 spiro atoms. The highest BCUT2D eigenvalue weighted by Crippen LogP contribution is 2.15. The van der Waals surface area contributed by atoms with Crippen molar-refractivity contribution in [3.05, 3.63) is 40.3 Å². The summed E-state index contributed by atoms with van der Waals surface area (Å²) in [6.45, 7) is 5.05. The van der Waals surface area contributed by atoms with Crippen LogP contribution in [0.3, 0.4) is 0 Å². The lowest BCUT2D eigenvalue weighted by Crippen LogP contribution is -2.48. The van der Waals surface area contributed by atoms with Crippen molar-refractivity contribution >= 4 is 16.7 Å². The van der Waals surface area contributed by atoms with E-state index in [1.165, 1.54) is 0 Å². The molecule has 7 nitrogen and oxygen atoms in total. The Morgan fingerprint density at radius 3 is 2.59 bits per heavy atom. The van der Waals surface area contributed by atoms with E-state index < -0.39 is 0 Å². The standard InChI is InChI=1S/C15H18N4O3/c1-2-22-19-9-7-18(8-10-19)15(21)13-11-5-3-4-6-12(11)14(20)17-16-13/h3-6H,2,7-10H2,1H3,(H,17,20). The molecule has 1 aliphatic heterocycles. The predicted octanol–water partition coefficient (Wildman–Crippen LogP) is 0.632. The number of nitrogens with zero attached hydrogens (tertiary/aromatic N) is 3. The van der Waals surface area contributed by atoms with E-state index in [9.17, 15) is 9.59 Å². The number of aromatic nitrogens is 2. The van der Waals surface area contributed by atoms with Crippen LogP contribution in [0.1, 0.15) is 17.4 Å². The Hall–Kier alpha value is -2.25. The zero-order valence-electron chi connectivity index (χ0n) is 12.4. The van der Waals surface area contributed by atoms with E-state index in [-0.39, 0.29) is 11.5 Å². The number of nitrogens with one attached hydrogen (secondary N) is 1. The highest BCUT2D eigenvalue weighted by atomic mass is 16.7. The van der Waals surface area contributed by atoms with Crippen molar-refractivity contribution in [1.29, 1.82) is 0 Å². The minimum absolute atomic E-state index is 0.163. The van der Waals surface area contributed by atoms with Gasteiger partial charge in [-0.1, -0.05) is 18.2 Å². The first-order chi connectivity index (χ1) is 10.7. The molecule has 2 aromatic rings. The highest BCUT2D eigenvalue weighted by molar-refractivity contribution is 6.04. The molecule has 1 N–H and O–H groups in total. The van der Waals surface area contributed by atoms with Gasteiger partial charge in [0.2, 0.25) is 0 Å². The molecule has 0 unspecified atom stereocenters. The van der Waals surface area contributed by atoms with E-state index in [1.54, 1.807) is 29.2 Å². The number of hydrogen-bond donors (Lipinski definition) is 1. The van der Waals surface area contributed by atoms with Crippen LogP contribution < -0.4 is 5.56 Å². The number of hydroxylamine groups is 2. The maximum atomic E-state index is 12.7. The summed E-state index contributed by atoms with van der Waals surface area (Å²) in [6, 6.07) is 7.01. The molecule has 0 aliphatic carbocycles. The number of fused-ring (bicyclic) bond motifs is 1. The van der Waals surface area contributed by atoms with Crippen LogP contribution >= 0.6 is 0 Å². The fourth-order valence-electron chi connectivity index (χ4n) is 2.63. The minimum Gasteiger partial charge on any atom is -0.334 e. The van der Waals surface area contributed by atoms with Gasteiger partial charge in [-0.25, -0.2) is 5.10 Å². The molecule has 3 rings (SSSR count). The third kappa shape index (κ3) is 2.72. The van der Waals surface area contributed by atoms with E-state index in [0.29, 0.717) is 49.3 Å². The Kier molecular flexibility index (Phi) is 4.17. The molecule has 0 saturated carbocycles. The van der Waals surface area contributed by atoms with E-state index in [1.807, 2.05) is 12.0 Å². The van der Waals surface area contributed by atoms with Crippen LogP contribution in [0.2, 0.25) is 0 Å². The third-order valence-corrected chi connectivity index (χ3v) is 3.74. The molecule has 1 aromatic carbocycles. The molecule has 1 amide bonds. The van der Waals surface area contributed by atoms with Gasteiger partial charge in [0.1, 0.15) is 0 Å². The first kappa shape index (κ1) is 14.7. The van der Waals surface area contributed by atoms with Crippen molar-refractivity contribution < 1.29 is 9.63 Å². The van der Waals surface area contributed by atoms with Crippen molar-refractivity contribution in [2.24, 2.45) is 0 Å². The maximum absolute atomic E-state index is 12.7. The van der Waals surface area contributed by atoms with E-state index >= 15 is 0 Å². The Morgan fingerprint density at radius 1 is 1.23 bits per heavy atom. The van der Waals surface area contributed by atoms with Gasteiger partial charge in [0, 0.05) is 31.6 Å². The average molecular weight is 302 g/mol. The fraction of sp³-hybridized carbons (Fsp3) is 0.400. The largest absolute Gasteiger partial charge is 0.334 e. The van der Waals surface area contributed by atoms with Crippen LogP contribution in [0.5, 0.6) is 0 Å². The number of hydrogen-bond acceptors (Lipinski definition) is 5. The minimum atomic E-state index is -0.284. The number of benzene rings is 1. The molecule has 1 saturated heterocycles. The second-order valence-electron chi connectivity index (χ2n) is 5.09. The van der Waals surface area contributed by atoms with Crippen LogP contribution in [0.25, 0.3) is 10.8 Å². The molecular weight excluding hydrogens is 284 g/mol. The summed E-state index contributed by atoms with van der Waals surface area (Å²) in [4.78, 5) is 31.6. The third-order valence-electron chi connectivity index (χ3n) is 3.74. The van der Waals surface area contributed by atoms with E-state index in [0.717, 1.165) is 0 Å². The van der Waals surface area contributed by atoms with Gasteiger partial charge in [-0.15, -0.1) is 0 Å². The van der Waals surface area contributed by atoms with Gasteiger partial charge in [0.25, 0.3) is 11.5 Å². The van der Waals surface area contributed by atoms with Gasteiger partial charge in [0.15, 0.2) is 5.69 Å². The summed E-state index contributed by atoms with van der Waals surface area (Å²) < 4.78 is 0. The zero-order chi connectivity index (χ0) is 15.5. The monoisotopic (exact) mass is 302 g/mol. The molecule has 7 heteroatoms. The molecule has 0 atom stereocenters. The number of carbonyl (C=O) groups excluding carboxylic acids is 1. The molecule has 22 heavy (non-hydrogen) atoms. The van der Waals surface area contributed by atoms with Crippen LogP contribution in [-0.2, 0) is 4.84 Å². The molecule has 2 heterocycles.